The summed E-state index contributed by atoms with van der Waals surface area (Å²) in [6, 6.07) is 14.9. The summed E-state index contributed by atoms with van der Waals surface area (Å²) in [7, 11) is 1.72. The minimum absolute atomic E-state index is 0.254. The zero-order valence-electron chi connectivity index (χ0n) is 13.5. The van der Waals surface area contributed by atoms with Gasteiger partial charge >= 0.3 is 0 Å². The topological polar surface area (TPSA) is 77.9 Å². The molecule has 0 saturated carbocycles. The molecule has 1 N–H and O–H groups in total. The van der Waals surface area contributed by atoms with Gasteiger partial charge in [-0.25, -0.2) is 4.68 Å². The van der Waals surface area contributed by atoms with Crippen LogP contribution in [-0.4, -0.2) is 25.5 Å². The maximum atomic E-state index is 12.5. The van der Waals surface area contributed by atoms with Gasteiger partial charge in [0.05, 0.1) is 23.9 Å². The maximum absolute atomic E-state index is 12.5. The highest BCUT2D eigenvalue weighted by Crippen LogP contribution is 2.25. The first-order valence-corrected chi connectivity index (χ1v) is 7.70. The van der Waals surface area contributed by atoms with E-state index < -0.39 is 0 Å². The zero-order valence-corrected chi connectivity index (χ0v) is 13.5. The number of carbonyl (C=O) groups excluding carboxylic acids is 1. The maximum Gasteiger partial charge on any atom is 0.275 e. The van der Waals surface area contributed by atoms with Crippen LogP contribution in [0.3, 0.4) is 0 Å². The molecule has 1 amide bonds. The van der Waals surface area contributed by atoms with E-state index in [9.17, 15) is 4.79 Å². The molecule has 7 heteroatoms. The molecule has 0 radical (unpaired) electrons. The van der Waals surface area contributed by atoms with Gasteiger partial charge in [0, 0.05) is 24.9 Å². The van der Waals surface area contributed by atoms with Crippen LogP contribution in [-0.2, 0) is 7.05 Å². The summed E-state index contributed by atoms with van der Waals surface area (Å²) in [6.07, 6.45) is 4.79. The van der Waals surface area contributed by atoms with Crippen molar-refractivity contribution >= 4 is 11.7 Å². The molecule has 1 aromatic carbocycles. The van der Waals surface area contributed by atoms with Crippen LogP contribution in [0.1, 0.15) is 10.5 Å². The largest absolute Gasteiger partial charge is 0.472 e. The van der Waals surface area contributed by atoms with E-state index in [4.69, 9.17) is 4.42 Å². The Morgan fingerprint density at radius 1 is 1.16 bits per heavy atom. The van der Waals surface area contributed by atoms with Gasteiger partial charge in [-0.2, -0.15) is 10.2 Å². The van der Waals surface area contributed by atoms with Gasteiger partial charge in [-0.05, 0) is 24.3 Å². The molecule has 0 saturated heterocycles. The predicted molar refractivity (Wildman–Crippen MR) is 92.4 cm³/mol. The SMILES string of the molecule is Cn1nccc1C(=O)Nc1cc(-c2ccoc2)nn1-c1ccccc1. The lowest BCUT2D eigenvalue weighted by atomic mass is 10.2. The van der Waals surface area contributed by atoms with E-state index in [0.717, 1.165) is 11.3 Å². The van der Waals surface area contributed by atoms with Gasteiger partial charge in [0.15, 0.2) is 0 Å². The molecule has 4 rings (SSSR count). The van der Waals surface area contributed by atoms with Crippen molar-refractivity contribution in [3.63, 3.8) is 0 Å². The highest BCUT2D eigenvalue weighted by molar-refractivity contribution is 6.02. The summed E-state index contributed by atoms with van der Waals surface area (Å²) in [5.74, 6) is 0.310. The molecule has 0 spiro atoms. The molecule has 7 nitrogen and oxygen atoms in total. The zero-order chi connectivity index (χ0) is 17.2. The molecule has 0 bridgehead atoms. The third-order valence-corrected chi connectivity index (χ3v) is 3.82. The monoisotopic (exact) mass is 333 g/mol. The summed E-state index contributed by atoms with van der Waals surface area (Å²) in [5, 5.41) is 11.5. The van der Waals surface area contributed by atoms with Gasteiger partial charge in [0.2, 0.25) is 0 Å². The average molecular weight is 333 g/mol. The molecule has 4 aromatic rings. The molecule has 0 aliphatic rings. The van der Waals surface area contributed by atoms with Crippen molar-refractivity contribution < 1.29 is 9.21 Å². The number of anilines is 1. The first-order chi connectivity index (χ1) is 12.2. The van der Waals surface area contributed by atoms with Crippen LogP contribution < -0.4 is 5.32 Å². The number of nitrogens with zero attached hydrogens (tertiary/aromatic N) is 4. The number of amides is 1. The number of aromatic nitrogens is 4. The third kappa shape index (κ3) is 2.83. The molecule has 25 heavy (non-hydrogen) atoms. The van der Waals surface area contributed by atoms with Crippen LogP contribution in [0.2, 0.25) is 0 Å². The van der Waals surface area contributed by atoms with Crippen molar-refractivity contribution in [1.29, 1.82) is 0 Å². The van der Waals surface area contributed by atoms with Crippen LogP contribution >= 0.6 is 0 Å². The fourth-order valence-corrected chi connectivity index (χ4v) is 2.56. The second-order valence-corrected chi connectivity index (χ2v) is 5.47. The lowest BCUT2D eigenvalue weighted by Crippen LogP contribution is -2.18. The van der Waals surface area contributed by atoms with E-state index in [1.54, 1.807) is 36.5 Å². The lowest BCUT2D eigenvalue weighted by Gasteiger charge is -2.08. The van der Waals surface area contributed by atoms with Crippen molar-refractivity contribution in [2.75, 3.05) is 5.32 Å². The van der Waals surface area contributed by atoms with Crippen LogP contribution in [0.25, 0.3) is 16.9 Å². The Morgan fingerprint density at radius 2 is 2.00 bits per heavy atom. The van der Waals surface area contributed by atoms with Gasteiger partial charge in [-0.1, -0.05) is 18.2 Å². The molecule has 3 aromatic heterocycles. The standard InChI is InChI=1S/C18H15N5O2/c1-22-16(7-9-19-22)18(24)20-17-11-15(13-8-10-25-12-13)21-23(17)14-5-3-2-4-6-14/h2-12H,1H3,(H,20,24). The molecule has 0 aliphatic carbocycles. The molecular formula is C18H15N5O2. The van der Waals surface area contributed by atoms with E-state index in [0.29, 0.717) is 17.2 Å². The first-order valence-electron chi connectivity index (χ1n) is 7.70. The first kappa shape index (κ1) is 14.9. The molecule has 124 valence electrons. The number of aryl methyl sites for hydroxylation is 1. The highest BCUT2D eigenvalue weighted by Gasteiger charge is 2.16. The normalized spacial score (nSPS) is 10.8. The summed E-state index contributed by atoms with van der Waals surface area (Å²) in [5.41, 5.74) is 2.85. The van der Waals surface area contributed by atoms with E-state index in [-0.39, 0.29) is 5.91 Å². The van der Waals surface area contributed by atoms with Gasteiger partial charge in [0.1, 0.15) is 11.5 Å². The van der Waals surface area contributed by atoms with E-state index in [1.165, 1.54) is 4.68 Å². The van der Waals surface area contributed by atoms with Crippen molar-refractivity contribution in [2.24, 2.45) is 7.05 Å². The second-order valence-electron chi connectivity index (χ2n) is 5.47. The van der Waals surface area contributed by atoms with Crippen molar-refractivity contribution in [3.8, 4) is 16.9 Å². The minimum Gasteiger partial charge on any atom is -0.472 e. The Balaban J connectivity index is 1.75. The highest BCUT2D eigenvalue weighted by atomic mass is 16.3. The van der Waals surface area contributed by atoms with E-state index >= 15 is 0 Å². The van der Waals surface area contributed by atoms with Gasteiger partial charge in [0.25, 0.3) is 5.91 Å². The number of nitrogens with one attached hydrogen (secondary N) is 1. The number of para-hydroxylation sites is 1. The fraction of sp³-hybridized carbons (Fsp3) is 0.0556. The van der Waals surface area contributed by atoms with Crippen molar-refractivity contribution in [1.82, 2.24) is 19.6 Å². The molecular weight excluding hydrogens is 318 g/mol. The van der Waals surface area contributed by atoms with Crippen LogP contribution in [0.5, 0.6) is 0 Å². The van der Waals surface area contributed by atoms with Gasteiger partial charge in [-0.15, -0.1) is 0 Å². The fourth-order valence-electron chi connectivity index (χ4n) is 2.56. The molecule has 0 aliphatic heterocycles. The smallest absolute Gasteiger partial charge is 0.275 e. The number of rotatable bonds is 4. The van der Waals surface area contributed by atoms with Gasteiger partial charge in [-0.3, -0.25) is 9.48 Å². The Kier molecular flexibility index (Phi) is 3.66. The number of carbonyl (C=O) groups is 1. The Hall–Kier alpha value is -3.61. The van der Waals surface area contributed by atoms with Gasteiger partial charge < -0.3 is 9.73 Å². The quantitative estimate of drug-likeness (QED) is 0.622. The van der Waals surface area contributed by atoms with Crippen LogP contribution in [0.15, 0.2) is 71.7 Å². The molecule has 3 heterocycles. The molecule has 0 unspecified atom stereocenters. The minimum atomic E-state index is -0.254. The number of benzene rings is 1. The van der Waals surface area contributed by atoms with Crippen LogP contribution in [0, 0.1) is 0 Å². The van der Waals surface area contributed by atoms with Crippen LogP contribution in [0.4, 0.5) is 5.82 Å². The summed E-state index contributed by atoms with van der Waals surface area (Å²) in [4.78, 5) is 12.5. The molecule has 0 fully saturated rings. The summed E-state index contributed by atoms with van der Waals surface area (Å²) in [6.45, 7) is 0. The number of hydrogen-bond donors (Lipinski definition) is 1. The Labute approximate surface area is 143 Å². The average Bonchev–Trinajstić information content (AvgIpc) is 3.35. The summed E-state index contributed by atoms with van der Waals surface area (Å²) < 4.78 is 8.35. The lowest BCUT2D eigenvalue weighted by molar-refractivity contribution is 0.101. The second kappa shape index (κ2) is 6.12. The molecule has 0 atom stereocenters. The van der Waals surface area contributed by atoms with Crippen molar-refractivity contribution in [3.05, 3.63) is 72.9 Å². The number of hydrogen-bond acceptors (Lipinski definition) is 4. The van der Waals surface area contributed by atoms with E-state index in [2.05, 4.69) is 15.5 Å². The van der Waals surface area contributed by atoms with Crippen molar-refractivity contribution in [2.45, 2.75) is 0 Å². The summed E-state index contributed by atoms with van der Waals surface area (Å²) >= 11 is 0. The Morgan fingerprint density at radius 3 is 2.68 bits per heavy atom. The predicted octanol–water partition coefficient (Wildman–Crippen LogP) is 3.12. The number of furan rings is 1. The Bertz CT molecular complexity index is 999. The third-order valence-electron chi connectivity index (χ3n) is 3.82. The van der Waals surface area contributed by atoms with E-state index in [1.807, 2.05) is 42.5 Å².